The Labute approximate surface area is 139 Å². The van der Waals surface area contributed by atoms with E-state index in [1.165, 1.54) is 0 Å². The first-order valence-corrected chi connectivity index (χ1v) is 8.78. The lowest BCUT2D eigenvalue weighted by atomic mass is 10.3. The fourth-order valence-corrected chi connectivity index (χ4v) is 3.30. The van der Waals surface area contributed by atoms with Crippen molar-refractivity contribution in [2.45, 2.75) is 19.9 Å². The molecule has 0 spiro atoms. The van der Waals surface area contributed by atoms with Crippen molar-refractivity contribution in [1.29, 1.82) is 0 Å². The number of hydrogen-bond acceptors (Lipinski definition) is 5. The highest BCUT2D eigenvalue weighted by Gasteiger charge is 2.22. The van der Waals surface area contributed by atoms with Gasteiger partial charge < -0.3 is 10.2 Å². The fraction of sp³-hybridized carbons (Fsp3) is 0.533. The molecule has 124 valence electrons. The SMILES string of the molecule is CCc1nn(C)cc1NC(=O)N1CCN(Cc2cscn2)CC1. The Morgan fingerprint density at radius 1 is 1.35 bits per heavy atom. The summed E-state index contributed by atoms with van der Waals surface area (Å²) in [5, 5.41) is 9.41. The number of urea groups is 1. The quantitative estimate of drug-likeness (QED) is 0.926. The predicted octanol–water partition coefficient (Wildman–Crippen LogP) is 1.79. The Balaban J connectivity index is 1.51. The van der Waals surface area contributed by atoms with Crippen LogP contribution in [0.25, 0.3) is 0 Å². The molecule has 0 atom stereocenters. The normalized spacial score (nSPS) is 15.8. The summed E-state index contributed by atoms with van der Waals surface area (Å²) in [6.45, 7) is 6.11. The van der Waals surface area contributed by atoms with Crippen LogP contribution in [0.5, 0.6) is 0 Å². The van der Waals surface area contributed by atoms with Gasteiger partial charge in [-0.1, -0.05) is 6.92 Å². The minimum absolute atomic E-state index is 0.0407. The van der Waals surface area contributed by atoms with Crippen LogP contribution in [0, 0.1) is 0 Å². The minimum atomic E-state index is -0.0407. The smallest absolute Gasteiger partial charge is 0.322 e. The second-order valence-corrected chi connectivity index (χ2v) is 6.41. The third-order valence-corrected chi connectivity index (χ3v) is 4.65. The minimum Gasteiger partial charge on any atom is -0.322 e. The Morgan fingerprint density at radius 2 is 2.13 bits per heavy atom. The average Bonchev–Trinajstić information content (AvgIpc) is 3.17. The van der Waals surface area contributed by atoms with Crippen LogP contribution < -0.4 is 5.32 Å². The Hall–Kier alpha value is -1.93. The topological polar surface area (TPSA) is 66.3 Å². The molecule has 1 aliphatic heterocycles. The second kappa shape index (κ2) is 7.10. The van der Waals surface area contributed by atoms with E-state index in [0.29, 0.717) is 0 Å². The molecule has 1 saturated heterocycles. The highest BCUT2D eigenvalue weighted by Crippen LogP contribution is 2.15. The van der Waals surface area contributed by atoms with Gasteiger partial charge >= 0.3 is 6.03 Å². The molecular formula is C15H22N6OS. The molecule has 0 saturated carbocycles. The molecule has 0 unspecified atom stereocenters. The van der Waals surface area contributed by atoms with Gasteiger partial charge in [0, 0.05) is 51.3 Å². The maximum Gasteiger partial charge on any atom is 0.322 e. The molecule has 1 fully saturated rings. The third kappa shape index (κ3) is 3.89. The number of aromatic nitrogens is 3. The summed E-state index contributed by atoms with van der Waals surface area (Å²) in [5.41, 5.74) is 4.70. The first-order chi connectivity index (χ1) is 11.2. The number of carbonyl (C=O) groups is 1. The Bertz CT molecular complexity index is 645. The van der Waals surface area contributed by atoms with Gasteiger partial charge in [0.05, 0.1) is 22.6 Å². The van der Waals surface area contributed by atoms with Crippen molar-refractivity contribution in [2.24, 2.45) is 7.05 Å². The lowest BCUT2D eigenvalue weighted by molar-refractivity contribution is 0.142. The van der Waals surface area contributed by atoms with Crippen molar-refractivity contribution in [3.63, 3.8) is 0 Å². The van der Waals surface area contributed by atoms with Crippen LogP contribution in [-0.2, 0) is 20.0 Å². The molecule has 2 amide bonds. The number of aryl methyl sites for hydroxylation is 2. The number of anilines is 1. The zero-order valence-corrected chi connectivity index (χ0v) is 14.3. The van der Waals surface area contributed by atoms with E-state index in [9.17, 15) is 4.79 Å². The van der Waals surface area contributed by atoms with Gasteiger partial charge in [-0.2, -0.15) is 5.10 Å². The monoisotopic (exact) mass is 334 g/mol. The van der Waals surface area contributed by atoms with Crippen molar-refractivity contribution in [2.75, 3.05) is 31.5 Å². The van der Waals surface area contributed by atoms with E-state index in [0.717, 1.165) is 56.2 Å². The number of rotatable bonds is 4. The second-order valence-electron chi connectivity index (χ2n) is 5.69. The molecule has 2 aromatic heterocycles. The van der Waals surface area contributed by atoms with Crippen LogP contribution in [0.2, 0.25) is 0 Å². The van der Waals surface area contributed by atoms with Crippen molar-refractivity contribution < 1.29 is 4.79 Å². The van der Waals surface area contributed by atoms with Crippen molar-refractivity contribution in [3.8, 4) is 0 Å². The molecule has 0 aromatic carbocycles. The molecule has 0 radical (unpaired) electrons. The van der Waals surface area contributed by atoms with Crippen LogP contribution in [0.1, 0.15) is 18.3 Å². The molecule has 7 nitrogen and oxygen atoms in total. The largest absolute Gasteiger partial charge is 0.322 e. The number of nitrogens with one attached hydrogen (secondary N) is 1. The van der Waals surface area contributed by atoms with E-state index < -0.39 is 0 Å². The summed E-state index contributed by atoms with van der Waals surface area (Å²) >= 11 is 1.62. The number of hydrogen-bond donors (Lipinski definition) is 1. The van der Waals surface area contributed by atoms with Gasteiger partial charge in [-0.25, -0.2) is 9.78 Å². The van der Waals surface area contributed by atoms with Crippen LogP contribution in [0.15, 0.2) is 17.1 Å². The highest BCUT2D eigenvalue weighted by molar-refractivity contribution is 7.07. The lowest BCUT2D eigenvalue weighted by Gasteiger charge is -2.34. The van der Waals surface area contributed by atoms with Gasteiger partial charge in [-0.05, 0) is 6.42 Å². The number of thiazole rings is 1. The van der Waals surface area contributed by atoms with E-state index in [4.69, 9.17) is 0 Å². The van der Waals surface area contributed by atoms with Gasteiger partial charge in [-0.15, -0.1) is 11.3 Å². The van der Waals surface area contributed by atoms with Gasteiger partial charge in [0.1, 0.15) is 0 Å². The van der Waals surface area contributed by atoms with E-state index in [2.05, 4.69) is 25.7 Å². The lowest BCUT2D eigenvalue weighted by Crippen LogP contribution is -2.49. The summed E-state index contributed by atoms with van der Waals surface area (Å²) in [4.78, 5) is 20.9. The van der Waals surface area contributed by atoms with Crippen LogP contribution in [0.4, 0.5) is 10.5 Å². The van der Waals surface area contributed by atoms with Crippen LogP contribution in [-0.4, -0.2) is 56.8 Å². The third-order valence-electron chi connectivity index (χ3n) is 4.01. The molecule has 0 aliphatic carbocycles. The number of nitrogens with zero attached hydrogens (tertiary/aromatic N) is 5. The van der Waals surface area contributed by atoms with Crippen LogP contribution >= 0.6 is 11.3 Å². The van der Waals surface area contributed by atoms with E-state index >= 15 is 0 Å². The molecule has 1 N–H and O–H groups in total. The maximum atomic E-state index is 12.4. The first-order valence-electron chi connectivity index (χ1n) is 7.83. The molecule has 3 heterocycles. The van der Waals surface area contributed by atoms with Crippen LogP contribution in [0.3, 0.4) is 0 Å². The van der Waals surface area contributed by atoms with Gasteiger partial charge in [-0.3, -0.25) is 9.58 Å². The molecule has 8 heteroatoms. The van der Waals surface area contributed by atoms with E-state index in [1.807, 2.05) is 30.6 Å². The zero-order valence-electron chi connectivity index (χ0n) is 13.5. The average molecular weight is 334 g/mol. The number of piperazine rings is 1. The number of carbonyl (C=O) groups excluding carboxylic acids is 1. The zero-order chi connectivity index (χ0) is 16.2. The molecule has 3 rings (SSSR count). The Morgan fingerprint density at radius 3 is 2.78 bits per heavy atom. The van der Waals surface area contributed by atoms with Crippen molar-refractivity contribution in [3.05, 3.63) is 28.5 Å². The summed E-state index contributed by atoms with van der Waals surface area (Å²) < 4.78 is 1.74. The maximum absolute atomic E-state index is 12.4. The molecule has 0 bridgehead atoms. The fourth-order valence-electron chi connectivity index (χ4n) is 2.75. The summed E-state index contributed by atoms with van der Waals surface area (Å²) in [6.07, 6.45) is 2.66. The summed E-state index contributed by atoms with van der Waals surface area (Å²) in [5.74, 6) is 0. The van der Waals surface area contributed by atoms with Gasteiger partial charge in [0.2, 0.25) is 0 Å². The standard InChI is InChI=1S/C15H22N6OS/c1-3-13-14(9-19(2)18-13)17-15(22)21-6-4-20(5-7-21)8-12-10-23-11-16-12/h9-11H,3-8H2,1-2H3,(H,17,22). The number of amides is 2. The van der Waals surface area contributed by atoms with E-state index in [1.54, 1.807) is 16.0 Å². The van der Waals surface area contributed by atoms with Crippen molar-refractivity contribution in [1.82, 2.24) is 24.6 Å². The van der Waals surface area contributed by atoms with E-state index in [-0.39, 0.29) is 6.03 Å². The molecule has 23 heavy (non-hydrogen) atoms. The summed E-state index contributed by atoms with van der Waals surface area (Å²) in [6, 6.07) is -0.0407. The van der Waals surface area contributed by atoms with Gasteiger partial charge in [0.15, 0.2) is 0 Å². The summed E-state index contributed by atoms with van der Waals surface area (Å²) in [7, 11) is 1.87. The molecule has 1 aliphatic rings. The van der Waals surface area contributed by atoms with Crippen molar-refractivity contribution >= 4 is 23.1 Å². The first kappa shape index (κ1) is 15.9. The predicted molar refractivity (Wildman–Crippen MR) is 90.6 cm³/mol. The highest BCUT2D eigenvalue weighted by atomic mass is 32.1. The molecular weight excluding hydrogens is 312 g/mol. The molecule has 2 aromatic rings. The van der Waals surface area contributed by atoms with Gasteiger partial charge in [0.25, 0.3) is 0 Å². The Kier molecular flexibility index (Phi) is 4.92.